The lowest BCUT2D eigenvalue weighted by Gasteiger charge is -2.21. The van der Waals surface area contributed by atoms with Crippen molar-refractivity contribution in [3.05, 3.63) is 23.0 Å². The van der Waals surface area contributed by atoms with Crippen LogP contribution in [0.15, 0.2) is 6.07 Å². The number of nitrogens with two attached hydrogens (primary N) is 1. The molecule has 15 heavy (non-hydrogen) atoms. The van der Waals surface area contributed by atoms with E-state index in [1.807, 2.05) is 11.8 Å². The van der Waals surface area contributed by atoms with Gasteiger partial charge in [0.15, 0.2) is 0 Å². The first-order valence-electron chi connectivity index (χ1n) is 5.67. The van der Waals surface area contributed by atoms with Crippen LogP contribution < -0.4 is 5.73 Å². The Hall–Kier alpha value is -0.410. The Labute approximate surface area is 96.2 Å². The van der Waals surface area contributed by atoms with Crippen molar-refractivity contribution in [1.82, 2.24) is 4.57 Å². The highest BCUT2D eigenvalue weighted by Gasteiger charge is 2.21. The van der Waals surface area contributed by atoms with E-state index in [0.29, 0.717) is 0 Å². The molecule has 0 aromatic carbocycles. The summed E-state index contributed by atoms with van der Waals surface area (Å²) in [5, 5.41) is 0. The minimum Gasteiger partial charge on any atom is -0.348 e. The van der Waals surface area contributed by atoms with Crippen LogP contribution in [0.1, 0.15) is 35.8 Å². The largest absolute Gasteiger partial charge is 0.348 e. The van der Waals surface area contributed by atoms with E-state index in [0.717, 1.165) is 13.0 Å². The van der Waals surface area contributed by atoms with Crippen LogP contribution in [0.4, 0.5) is 0 Å². The molecule has 1 aromatic heterocycles. The third kappa shape index (κ3) is 2.08. The summed E-state index contributed by atoms with van der Waals surface area (Å²) < 4.78 is 2.46. The molecule has 0 bridgehead atoms. The first-order valence-corrected chi connectivity index (χ1v) is 7.07. The lowest BCUT2D eigenvalue weighted by molar-refractivity contribution is 0.544. The van der Waals surface area contributed by atoms with Crippen molar-refractivity contribution < 1.29 is 0 Å². The number of nitrogens with zero attached hydrogens (tertiary/aromatic N) is 1. The standard InChI is InChI=1S/C12H20N2S/c1-9-8-10-11(13)4-3-5-12(10)14(9)6-7-15-2/h8,11H,3-7,13H2,1-2H3. The zero-order chi connectivity index (χ0) is 10.8. The van der Waals surface area contributed by atoms with Gasteiger partial charge < -0.3 is 10.3 Å². The number of thioether (sulfide) groups is 1. The average molecular weight is 224 g/mol. The van der Waals surface area contributed by atoms with E-state index >= 15 is 0 Å². The molecule has 1 unspecified atom stereocenters. The second-order valence-electron chi connectivity index (χ2n) is 4.33. The Morgan fingerprint density at radius 2 is 2.40 bits per heavy atom. The SMILES string of the molecule is CSCCn1c(C)cc2c1CCCC2N. The zero-order valence-corrected chi connectivity index (χ0v) is 10.4. The topological polar surface area (TPSA) is 30.9 Å². The number of aryl methyl sites for hydroxylation is 1. The van der Waals surface area contributed by atoms with Crippen molar-refractivity contribution in [2.75, 3.05) is 12.0 Å². The maximum absolute atomic E-state index is 6.14. The molecule has 1 aromatic rings. The number of rotatable bonds is 3. The van der Waals surface area contributed by atoms with Gasteiger partial charge in [0.05, 0.1) is 0 Å². The van der Waals surface area contributed by atoms with Crippen molar-refractivity contribution in [2.45, 2.75) is 38.8 Å². The van der Waals surface area contributed by atoms with Gasteiger partial charge in [-0.25, -0.2) is 0 Å². The van der Waals surface area contributed by atoms with E-state index in [4.69, 9.17) is 5.73 Å². The maximum Gasteiger partial charge on any atom is 0.0315 e. The molecule has 0 saturated heterocycles. The fourth-order valence-corrected chi connectivity index (χ4v) is 2.86. The Balaban J connectivity index is 2.29. The normalized spacial score (nSPS) is 20.3. The van der Waals surface area contributed by atoms with E-state index in [2.05, 4.69) is 23.8 Å². The van der Waals surface area contributed by atoms with Gasteiger partial charge in [-0.1, -0.05) is 0 Å². The van der Waals surface area contributed by atoms with E-state index < -0.39 is 0 Å². The van der Waals surface area contributed by atoms with Crippen molar-refractivity contribution in [2.24, 2.45) is 5.73 Å². The molecular weight excluding hydrogens is 204 g/mol. The third-order valence-corrected chi connectivity index (χ3v) is 3.89. The van der Waals surface area contributed by atoms with Crippen LogP contribution in [0.5, 0.6) is 0 Å². The van der Waals surface area contributed by atoms with Gasteiger partial charge in [-0.2, -0.15) is 11.8 Å². The highest BCUT2D eigenvalue weighted by atomic mass is 32.2. The summed E-state index contributed by atoms with van der Waals surface area (Å²) in [5.74, 6) is 1.19. The van der Waals surface area contributed by atoms with Gasteiger partial charge in [0.2, 0.25) is 0 Å². The maximum atomic E-state index is 6.14. The summed E-state index contributed by atoms with van der Waals surface area (Å²) in [7, 11) is 0. The molecular formula is C12H20N2S. The van der Waals surface area contributed by atoms with Crippen molar-refractivity contribution >= 4 is 11.8 Å². The Morgan fingerprint density at radius 3 is 3.13 bits per heavy atom. The quantitative estimate of drug-likeness (QED) is 0.855. The van der Waals surface area contributed by atoms with Gasteiger partial charge in [-0.3, -0.25) is 0 Å². The monoisotopic (exact) mass is 224 g/mol. The third-order valence-electron chi connectivity index (χ3n) is 3.30. The first kappa shape index (κ1) is 11.1. The van der Waals surface area contributed by atoms with Crippen LogP contribution in [0.3, 0.4) is 0 Å². The second-order valence-corrected chi connectivity index (χ2v) is 5.32. The minimum absolute atomic E-state index is 0.281. The Kier molecular flexibility index (Phi) is 3.42. The van der Waals surface area contributed by atoms with Crippen LogP contribution in [-0.2, 0) is 13.0 Å². The lowest BCUT2D eigenvalue weighted by Crippen LogP contribution is -2.18. The second kappa shape index (κ2) is 4.62. The number of hydrogen-bond acceptors (Lipinski definition) is 2. The zero-order valence-electron chi connectivity index (χ0n) is 9.62. The highest BCUT2D eigenvalue weighted by molar-refractivity contribution is 7.98. The Morgan fingerprint density at radius 1 is 1.60 bits per heavy atom. The van der Waals surface area contributed by atoms with Crippen LogP contribution in [0.25, 0.3) is 0 Å². The molecule has 1 aliphatic rings. The molecule has 0 radical (unpaired) electrons. The highest BCUT2D eigenvalue weighted by Crippen LogP contribution is 2.30. The fourth-order valence-electron chi connectivity index (χ4n) is 2.49. The van der Waals surface area contributed by atoms with Crippen LogP contribution in [0, 0.1) is 6.92 Å². The van der Waals surface area contributed by atoms with Gasteiger partial charge in [0.25, 0.3) is 0 Å². The predicted molar refractivity (Wildman–Crippen MR) is 67.4 cm³/mol. The number of fused-ring (bicyclic) bond motifs is 1. The summed E-state index contributed by atoms with van der Waals surface area (Å²) in [6, 6.07) is 2.57. The molecule has 2 rings (SSSR count). The average Bonchev–Trinajstić information content (AvgIpc) is 2.54. The van der Waals surface area contributed by atoms with Crippen molar-refractivity contribution in [3.63, 3.8) is 0 Å². The molecule has 2 N–H and O–H groups in total. The van der Waals surface area contributed by atoms with E-state index in [9.17, 15) is 0 Å². The molecule has 2 nitrogen and oxygen atoms in total. The van der Waals surface area contributed by atoms with Crippen molar-refractivity contribution in [1.29, 1.82) is 0 Å². The summed E-state index contributed by atoms with van der Waals surface area (Å²) in [4.78, 5) is 0. The fraction of sp³-hybridized carbons (Fsp3) is 0.667. The molecule has 0 aliphatic heterocycles. The van der Waals surface area contributed by atoms with Gasteiger partial charge in [-0.15, -0.1) is 0 Å². The summed E-state index contributed by atoms with van der Waals surface area (Å²) >= 11 is 1.91. The van der Waals surface area contributed by atoms with Gasteiger partial charge in [0, 0.05) is 29.7 Å². The molecule has 1 heterocycles. The smallest absolute Gasteiger partial charge is 0.0315 e. The van der Waals surface area contributed by atoms with Crippen LogP contribution >= 0.6 is 11.8 Å². The van der Waals surface area contributed by atoms with Crippen LogP contribution in [0.2, 0.25) is 0 Å². The molecule has 0 spiro atoms. The molecule has 1 atom stereocenters. The summed E-state index contributed by atoms with van der Waals surface area (Å²) in [6.07, 6.45) is 5.78. The van der Waals surface area contributed by atoms with Gasteiger partial charge in [0.1, 0.15) is 0 Å². The lowest BCUT2D eigenvalue weighted by atomic mass is 9.93. The van der Waals surface area contributed by atoms with Gasteiger partial charge in [-0.05, 0) is 44.1 Å². The molecule has 0 fully saturated rings. The molecule has 0 amide bonds. The van der Waals surface area contributed by atoms with Gasteiger partial charge >= 0.3 is 0 Å². The molecule has 3 heteroatoms. The minimum atomic E-state index is 0.281. The van der Waals surface area contributed by atoms with Crippen LogP contribution in [-0.4, -0.2) is 16.6 Å². The predicted octanol–water partition coefficient (Wildman–Crippen LogP) is 2.50. The van der Waals surface area contributed by atoms with E-state index in [1.165, 1.54) is 35.5 Å². The molecule has 0 saturated carbocycles. The summed E-state index contributed by atoms with van der Waals surface area (Å²) in [6.45, 7) is 3.33. The van der Waals surface area contributed by atoms with E-state index in [-0.39, 0.29) is 6.04 Å². The summed E-state index contributed by atoms with van der Waals surface area (Å²) in [5.41, 5.74) is 10.4. The molecule has 84 valence electrons. The van der Waals surface area contributed by atoms with E-state index in [1.54, 1.807) is 0 Å². The Bertz CT molecular complexity index is 344. The number of aromatic nitrogens is 1. The van der Waals surface area contributed by atoms with Crippen molar-refractivity contribution in [3.8, 4) is 0 Å². The number of hydrogen-bond donors (Lipinski definition) is 1. The molecule has 1 aliphatic carbocycles. The first-order chi connectivity index (χ1) is 7.24.